The average molecular weight is 503 g/mol. The highest BCUT2D eigenvalue weighted by molar-refractivity contribution is 7.92. The second-order valence-electron chi connectivity index (χ2n) is 9.20. The predicted octanol–water partition coefficient (Wildman–Crippen LogP) is 2.99. The minimum Gasteiger partial charge on any atom is -0.492 e. The van der Waals surface area contributed by atoms with Crippen molar-refractivity contribution in [2.24, 2.45) is 5.92 Å². The zero-order valence-corrected chi connectivity index (χ0v) is 20.1. The molecule has 2 aromatic carbocycles. The number of sulfonamides is 1. The lowest BCUT2D eigenvalue weighted by atomic mass is 10.0. The molecule has 10 heteroatoms. The number of methoxy groups -OCH3 is 1. The van der Waals surface area contributed by atoms with Crippen LogP contribution >= 0.6 is 0 Å². The maximum atomic E-state index is 14.0. The monoisotopic (exact) mass is 502 g/mol. The smallest absolute Gasteiger partial charge is 0.343 e. The highest BCUT2D eigenvalue weighted by Gasteiger charge is 2.45. The van der Waals surface area contributed by atoms with Gasteiger partial charge in [0, 0.05) is 25.6 Å². The van der Waals surface area contributed by atoms with Crippen molar-refractivity contribution in [2.75, 3.05) is 38.1 Å². The first-order valence-corrected chi connectivity index (χ1v) is 13.0. The van der Waals surface area contributed by atoms with Crippen molar-refractivity contribution >= 4 is 27.8 Å². The lowest BCUT2D eigenvalue weighted by Crippen LogP contribution is -2.22. The summed E-state index contributed by atoms with van der Waals surface area (Å²) in [6.45, 7) is 2.24. The van der Waals surface area contributed by atoms with E-state index in [-0.39, 0.29) is 27.8 Å². The van der Waals surface area contributed by atoms with Gasteiger partial charge in [-0.05, 0) is 54.2 Å². The molecule has 0 aromatic heterocycles. The fraction of sp³-hybridized carbons (Fsp3) is 0.400. The summed E-state index contributed by atoms with van der Waals surface area (Å²) < 4.78 is 54.0. The van der Waals surface area contributed by atoms with E-state index in [9.17, 15) is 22.7 Å². The Hall–Kier alpha value is -2.95. The molecule has 3 aliphatic rings. The number of carbonyl (C=O) groups is 1. The van der Waals surface area contributed by atoms with Gasteiger partial charge in [0.25, 0.3) is 10.0 Å². The topological polar surface area (TPSA) is 105 Å². The van der Waals surface area contributed by atoms with Crippen molar-refractivity contribution < 1.29 is 32.2 Å². The number of benzene rings is 2. The minimum atomic E-state index is -4.20. The highest BCUT2D eigenvalue weighted by atomic mass is 32.2. The van der Waals surface area contributed by atoms with E-state index < -0.39 is 21.8 Å². The molecule has 0 spiro atoms. The van der Waals surface area contributed by atoms with Crippen LogP contribution in [-0.2, 0) is 14.8 Å². The Labute approximate surface area is 203 Å². The van der Waals surface area contributed by atoms with Gasteiger partial charge in [0.1, 0.15) is 17.1 Å². The number of aliphatic hydroxyl groups is 1. The molecule has 2 aliphatic heterocycles. The van der Waals surface area contributed by atoms with Gasteiger partial charge < -0.3 is 14.6 Å². The number of hydrogen-bond acceptors (Lipinski definition) is 7. The summed E-state index contributed by atoms with van der Waals surface area (Å²) in [6, 6.07) is 6.74. The summed E-state index contributed by atoms with van der Waals surface area (Å²) in [5, 5.41) is 9.67. The van der Waals surface area contributed by atoms with Crippen LogP contribution in [0.15, 0.2) is 41.3 Å². The molecule has 2 fully saturated rings. The van der Waals surface area contributed by atoms with Gasteiger partial charge in [-0.15, -0.1) is 0 Å². The van der Waals surface area contributed by atoms with Crippen LogP contribution < -0.4 is 9.46 Å². The number of halogens is 1. The lowest BCUT2D eigenvalue weighted by Gasteiger charge is -2.22. The van der Waals surface area contributed by atoms with Crippen LogP contribution in [0.3, 0.4) is 0 Å². The average Bonchev–Trinajstić information content (AvgIpc) is 3.51. The Morgan fingerprint density at radius 1 is 1.34 bits per heavy atom. The van der Waals surface area contributed by atoms with Gasteiger partial charge in [0.2, 0.25) is 0 Å². The van der Waals surface area contributed by atoms with Crippen molar-refractivity contribution in [1.29, 1.82) is 0 Å². The standard InChI is InChI=1S/C25H27FN2O6S/c1-33-25(30)23-21(6-5-19-20-12-16(20)14-34-24(19)23)27-35(31,32)22-7-4-17(26)11-15(22)3-2-9-28-10-8-18(29)13-28/h2-7,11,16,18,20,27,29H,8-10,12-14H2,1H3/b3-2-/t16?,18-,20?/m1/s1. The SMILES string of the molecule is COC(=O)c1c(NS(=O)(=O)c2ccc(F)cc2/C=C\CN2CC[C@@H](O)C2)ccc2c1OCC1CC21. The number of aliphatic hydroxyl groups excluding tert-OH is 1. The third-order valence-corrected chi connectivity index (χ3v) is 8.20. The number of anilines is 1. The predicted molar refractivity (Wildman–Crippen MR) is 127 cm³/mol. The van der Waals surface area contributed by atoms with Crippen LogP contribution in [-0.4, -0.2) is 63.8 Å². The van der Waals surface area contributed by atoms with Crippen LogP contribution in [0.2, 0.25) is 0 Å². The molecular formula is C25H27FN2O6S. The number of rotatable bonds is 7. The molecule has 3 atom stereocenters. The molecule has 186 valence electrons. The van der Waals surface area contributed by atoms with Crippen molar-refractivity contribution in [2.45, 2.75) is 29.8 Å². The summed E-state index contributed by atoms with van der Waals surface area (Å²) in [6.07, 6.45) is 4.58. The van der Waals surface area contributed by atoms with Crippen LogP contribution in [0.25, 0.3) is 6.08 Å². The van der Waals surface area contributed by atoms with Crippen molar-refractivity contribution in [3.63, 3.8) is 0 Å². The van der Waals surface area contributed by atoms with Crippen molar-refractivity contribution in [1.82, 2.24) is 4.90 Å². The third kappa shape index (κ3) is 4.78. The molecular weight excluding hydrogens is 475 g/mol. The quantitative estimate of drug-likeness (QED) is 0.561. The Morgan fingerprint density at radius 3 is 2.91 bits per heavy atom. The van der Waals surface area contributed by atoms with E-state index >= 15 is 0 Å². The Morgan fingerprint density at radius 2 is 2.17 bits per heavy atom. The molecule has 2 unspecified atom stereocenters. The van der Waals surface area contributed by atoms with E-state index in [1.54, 1.807) is 24.3 Å². The van der Waals surface area contributed by atoms with Gasteiger partial charge in [-0.25, -0.2) is 17.6 Å². The molecule has 2 aromatic rings. The third-order valence-electron chi connectivity index (χ3n) is 6.76. The molecule has 1 aliphatic carbocycles. The zero-order valence-electron chi connectivity index (χ0n) is 19.2. The number of nitrogens with zero attached hydrogens (tertiary/aromatic N) is 1. The largest absolute Gasteiger partial charge is 0.492 e. The first-order chi connectivity index (χ1) is 16.8. The number of β-amino-alcohol motifs (C(OH)–C–C–N with tert-alkyl or cyclic N) is 1. The molecule has 8 nitrogen and oxygen atoms in total. The Balaban J connectivity index is 1.45. The second-order valence-corrected chi connectivity index (χ2v) is 10.9. The van der Waals surface area contributed by atoms with Gasteiger partial charge in [-0.2, -0.15) is 0 Å². The molecule has 0 bridgehead atoms. The lowest BCUT2D eigenvalue weighted by molar-refractivity contribution is 0.0596. The normalized spacial score (nSPS) is 23.5. The molecule has 5 rings (SSSR count). The Kier molecular flexibility index (Phi) is 6.29. The molecule has 0 amide bonds. The molecule has 2 N–H and O–H groups in total. The van der Waals surface area contributed by atoms with Gasteiger partial charge in [0.05, 0.1) is 30.4 Å². The molecule has 35 heavy (non-hydrogen) atoms. The van der Waals surface area contributed by atoms with E-state index in [2.05, 4.69) is 4.72 Å². The number of ether oxygens (including phenoxy) is 2. The number of likely N-dealkylation sites (tertiary alicyclic amines) is 1. The van der Waals surface area contributed by atoms with E-state index in [1.165, 1.54) is 13.2 Å². The summed E-state index contributed by atoms with van der Waals surface area (Å²) in [7, 11) is -2.97. The molecule has 1 saturated heterocycles. The number of esters is 1. The fourth-order valence-electron chi connectivity index (χ4n) is 4.84. The first-order valence-electron chi connectivity index (χ1n) is 11.5. The molecule has 2 heterocycles. The molecule has 0 radical (unpaired) electrons. The van der Waals surface area contributed by atoms with E-state index in [4.69, 9.17) is 9.47 Å². The fourth-order valence-corrected chi connectivity index (χ4v) is 6.09. The second kappa shape index (κ2) is 9.25. The molecule has 1 saturated carbocycles. The maximum Gasteiger partial charge on any atom is 0.343 e. The first kappa shape index (κ1) is 23.8. The van der Waals surface area contributed by atoms with Crippen LogP contribution in [0, 0.1) is 11.7 Å². The van der Waals surface area contributed by atoms with Crippen LogP contribution in [0.5, 0.6) is 5.75 Å². The van der Waals surface area contributed by atoms with E-state index in [0.29, 0.717) is 43.7 Å². The van der Waals surface area contributed by atoms with Gasteiger partial charge in [0.15, 0.2) is 0 Å². The van der Waals surface area contributed by atoms with Gasteiger partial charge in [-0.1, -0.05) is 18.2 Å². The van der Waals surface area contributed by atoms with E-state index in [0.717, 1.165) is 30.7 Å². The number of hydrogen-bond donors (Lipinski definition) is 2. The van der Waals surface area contributed by atoms with Crippen molar-refractivity contribution in [3.8, 4) is 5.75 Å². The summed E-state index contributed by atoms with van der Waals surface area (Å²) >= 11 is 0. The minimum absolute atomic E-state index is 0.0331. The van der Waals surface area contributed by atoms with E-state index in [1.807, 2.05) is 4.90 Å². The number of fused-ring (bicyclic) bond motifs is 3. The van der Waals surface area contributed by atoms with Crippen molar-refractivity contribution in [3.05, 3.63) is 58.9 Å². The van der Waals surface area contributed by atoms with Gasteiger partial charge in [-0.3, -0.25) is 9.62 Å². The van der Waals surface area contributed by atoms with Crippen LogP contribution in [0.1, 0.15) is 40.2 Å². The zero-order chi connectivity index (χ0) is 24.7. The summed E-state index contributed by atoms with van der Waals surface area (Å²) in [5.74, 6) is -0.198. The highest BCUT2D eigenvalue weighted by Crippen LogP contribution is 2.55. The summed E-state index contributed by atoms with van der Waals surface area (Å²) in [5.41, 5.74) is 1.12. The summed E-state index contributed by atoms with van der Waals surface area (Å²) in [4.78, 5) is 14.5. The van der Waals surface area contributed by atoms with Gasteiger partial charge >= 0.3 is 5.97 Å². The maximum absolute atomic E-state index is 14.0. The number of carbonyl (C=O) groups excluding carboxylic acids is 1. The van der Waals surface area contributed by atoms with Crippen LogP contribution in [0.4, 0.5) is 10.1 Å². The Bertz CT molecular complexity index is 1300. The number of nitrogens with one attached hydrogen (secondary N) is 1.